The number of nitrogens with zero attached hydrogens (tertiary/aromatic N) is 5. The smallest absolute Gasteiger partial charge is 0.341 e. The van der Waals surface area contributed by atoms with Gasteiger partial charge in [0.2, 0.25) is 5.91 Å². The molecule has 1 saturated heterocycles. The molecule has 1 amide bonds. The fourth-order valence-electron chi connectivity index (χ4n) is 3.35. The largest absolute Gasteiger partial charge is 0.462 e. The van der Waals surface area contributed by atoms with Gasteiger partial charge in [0.1, 0.15) is 6.54 Å². The van der Waals surface area contributed by atoms with Crippen LogP contribution in [0, 0.1) is 0 Å². The summed E-state index contributed by atoms with van der Waals surface area (Å²) in [4.78, 5) is 33.6. The number of thiophene rings is 1. The van der Waals surface area contributed by atoms with E-state index in [1.807, 2.05) is 16.1 Å². The Morgan fingerprint density at radius 1 is 1.41 bits per heavy atom. The summed E-state index contributed by atoms with van der Waals surface area (Å²) >= 11 is 1.68. The molecule has 1 aliphatic heterocycles. The molecule has 1 atom stereocenters. The number of amides is 1. The molecule has 0 radical (unpaired) electrons. The molecule has 0 saturated carbocycles. The number of likely N-dealkylation sites (tertiary alicyclic amines) is 1. The van der Waals surface area contributed by atoms with Crippen molar-refractivity contribution in [3.8, 4) is 0 Å². The zero-order valence-electron chi connectivity index (χ0n) is 18.7. The van der Waals surface area contributed by atoms with E-state index in [-0.39, 0.29) is 48.4 Å². The van der Waals surface area contributed by atoms with Crippen molar-refractivity contribution < 1.29 is 14.3 Å². The van der Waals surface area contributed by atoms with Gasteiger partial charge in [-0.1, -0.05) is 6.07 Å². The second kappa shape index (κ2) is 12.8. The molecule has 11 heteroatoms. The summed E-state index contributed by atoms with van der Waals surface area (Å²) in [5.74, 6) is 0.310. The predicted molar refractivity (Wildman–Crippen MR) is 136 cm³/mol. The second-order valence-corrected chi connectivity index (χ2v) is 8.56. The lowest BCUT2D eigenvalue weighted by atomic mass is 10.1. The first kappa shape index (κ1) is 26.1. The average molecular weight is 574 g/mol. The number of nitrogens with one attached hydrogen (secondary N) is 1. The number of hydrogen-bond donors (Lipinski definition) is 1. The SMILES string of the molecule is CCOC(=O)c1cnn(C2CCCN(C(=NCC(=O)N(C)C)NCc3cccs3)C2)c1.I. The summed E-state index contributed by atoms with van der Waals surface area (Å²) in [6.07, 6.45) is 5.21. The molecule has 1 aliphatic rings. The highest BCUT2D eigenvalue weighted by Crippen LogP contribution is 2.22. The topological polar surface area (TPSA) is 92.1 Å². The fraction of sp³-hybridized carbons (Fsp3) is 0.524. The third-order valence-electron chi connectivity index (χ3n) is 5.05. The van der Waals surface area contributed by atoms with Crippen molar-refractivity contribution in [1.82, 2.24) is 24.9 Å². The Hall–Kier alpha value is -2.15. The van der Waals surface area contributed by atoms with Crippen LogP contribution in [0.5, 0.6) is 0 Å². The number of carbonyl (C=O) groups is 2. The lowest BCUT2D eigenvalue weighted by molar-refractivity contribution is -0.127. The Labute approximate surface area is 209 Å². The zero-order chi connectivity index (χ0) is 22.2. The lowest BCUT2D eigenvalue weighted by Gasteiger charge is -2.35. The molecule has 2 aromatic rings. The van der Waals surface area contributed by atoms with Crippen LogP contribution in [0.15, 0.2) is 34.9 Å². The van der Waals surface area contributed by atoms with Gasteiger partial charge in [0.05, 0.1) is 31.0 Å². The first-order chi connectivity index (χ1) is 15.0. The van der Waals surface area contributed by atoms with E-state index in [1.165, 1.54) is 4.88 Å². The Bertz CT molecular complexity index is 899. The van der Waals surface area contributed by atoms with Crippen molar-refractivity contribution in [3.63, 3.8) is 0 Å². The summed E-state index contributed by atoms with van der Waals surface area (Å²) < 4.78 is 6.90. The lowest BCUT2D eigenvalue weighted by Crippen LogP contribution is -2.47. The number of guanidine groups is 1. The van der Waals surface area contributed by atoms with E-state index >= 15 is 0 Å². The molecule has 1 N–H and O–H groups in total. The van der Waals surface area contributed by atoms with Crippen molar-refractivity contribution in [2.45, 2.75) is 32.4 Å². The Morgan fingerprint density at radius 2 is 2.22 bits per heavy atom. The highest BCUT2D eigenvalue weighted by atomic mass is 127. The maximum atomic E-state index is 12.1. The van der Waals surface area contributed by atoms with Crippen molar-refractivity contribution in [2.24, 2.45) is 4.99 Å². The maximum Gasteiger partial charge on any atom is 0.341 e. The molecule has 0 aromatic carbocycles. The third-order valence-corrected chi connectivity index (χ3v) is 5.92. The molecule has 2 aromatic heterocycles. The van der Waals surface area contributed by atoms with E-state index in [2.05, 4.69) is 26.4 Å². The monoisotopic (exact) mass is 574 g/mol. The van der Waals surface area contributed by atoms with Gasteiger partial charge in [0.15, 0.2) is 5.96 Å². The number of hydrogen-bond acceptors (Lipinski definition) is 6. The molecule has 0 aliphatic carbocycles. The number of piperidine rings is 1. The molecular weight excluding hydrogens is 543 g/mol. The van der Waals surface area contributed by atoms with Crippen LogP contribution in [0.3, 0.4) is 0 Å². The van der Waals surface area contributed by atoms with Crippen molar-refractivity contribution in [2.75, 3.05) is 40.3 Å². The third kappa shape index (κ3) is 7.19. The van der Waals surface area contributed by atoms with Gasteiger partial charge in [0, 0.05) is 38.3 Å². The Balaban J connectivity index is 0.00000363. The van der Waals surface area contributed by atoms with E-state index in [4.69, 9.17) is 4.74 Å². The molecule has 176 valence electrons. The van der Waals surface area contributed by atoms with E-state index < -0.39 is 0 Å². The molecule has 9 nitrogen and oxygen atoms in total. The van der Waals surface area contributed by atoms with Crippen molar-refractivity contribution >= 4 is 53.1 Å². The number of halogens is 1. The quantitative estimate of drug-likeness (QED) is 0.237. The van der Waals surface area contributed by atoms with Gasteiger partial charge in [-0.2, -0.15) is 5.10 Å². The van der Waals surface area contributed by atoms with Crippen LogP contribution in [0.4, 0.5) is 0 Å². The highest BCUT2D eigenvalue weighted by Gasteiger charge is 2.25. The summed E-state index contributed by atoms with van der Waals surface area (Å²) in [7, 11) is 3.46. The molecular formula is C21H31IN6O3S. The average Bonchev–Trinajstić information content (AvgIpc) is 3.46. The number of esters is 1. The number of aliphatic imine (C=N–C) groups is 1. The van der Waals surface area contributed by atoms with Crippen LogP contribution in [-0.4, -0.2) is 77.8 Å². The molecule has 0 bridgehead atoms. The van der Waals surface area contributed by atoms with Crippen LogP contribution in [0.2, 0.25) is 0 Å². The van der Waals surface area contributed by atoms with Crippen LogP contribution in [0.25, 0.3) is 0 Å². The van der Waals surface area contributed by atoms with Crippen molar-refractivity contribution in [3.05, 3.63) is 40.3 Å². The van der Waals surface area contributed by atoms with Gasteiger partial charge in [0.25, 0.3) is 0 Å². The number of carbonyl (C=O) groups excluding carboxylic acids is 2. The van der Waals surface area contributed by atoms with Crippen LogP contribution >= 0.6 is 35.3 Å². The van der Waals surface area contributed by atoms with E-state index in [0.717, 1.165) is 19.4 Å². The predicted octanol–water partition coefficient (Wildman–Crippen LogP) is 2.61. The Kier molecular flexibility index (Phi) is 10.4. The van der Waals surface area contributed by atoms with E-state index in [1.54, 1.807) is 49.6 Å². The van der Waals surface area contributed by atoms with Gasteiger partial charge >= 0.3 is 5.97 Å². The van der Waals surface area contributed by atoms with Gasteiger partial charge in [-0.05, 0) is 31.2 Å². The standard InChI is InChI=1S/C21H30N6O3S.HI/c1-4-30-20(29)16-11-24-27(14-16)17-7-5-9-26(15-17)21(23-13-19(28)25(2)3)22-12-18-8-6-10-31-18;/h6,8,10-11,14,17H,4-5,7,9,12-13,15H2,1-3H3,(H,22,23);1H. The first-order valence-corrected chi connectivity index (χ1v) is 11.3. The molecule has 0 spiro atoms. The van der Waals surface area contributed by atoms with Crippen molar-refractivity contribution in [1.29, 1.82) is 0 Å². The van der Waals surface area contributed by atoms with Gasteiger partial charge in [-0.15, -0.1) is 35.3 Å². The van der Waals surface area contributed by atoms with Crippen LogP contribution in [0.1, 0.15) is 41.0 Å². The van der Waals surface area contributed by atoms with E-state index in [9.17, 15) is 9.59 Å². The van der Waals surface area contributed by atoms with E-state index in [0.29, 0.717) is 31.2 Å². The number of ether oxygens (including phenoxy) is 1. The van der Waals surface area contributed by atoms with Gasteiger partial charge < -0.3 is 19.9 Å². The fourth-order valence-corrected chi connectivity index (χ4v) is 4.00. The minimum absolute atomic E-state index is 0. The number of rotatable bonds is 7. The molecule has 3 rings (SSSR count). The Morgan fingerprint density at radius 3 is 2.91 bits per heavy atom. The second-order valence-electron chi connectivity index (χ2n) is 7.53. The normalized spacial score (nSPS) is 16.3. The zero-order valence-corrected chi connectivity index (χ0v) is 21.8. The maximum absolute atomic E-state index is 12.1. The highest BCUT2D eigenvalue weighted by molar-refractivity contribution is 14.0. The first-order valence-electron chi connectivity index (χ1n) is 10.4. The number of aromatic nitrogens is 2. The summed E-state index contributed by atoms with van der Waals surface area (Å²) in [6, 6.07) is 4.19. The van der Waals surface area contributed by atoms with Gasteiger partial charge in [-0.3, -0.25) is 9.48 Å². The minimum Gasteiger partial charge on any atom is -0.462 e. The molecule has 1 unspecified atom stereocenters. The summed E-state index contributed by atoms with van der Waals surface area (Å²) in [5, 5.41) is 9.84. The minimum atomic E-state index is -0.358. The van der Waals surface area contributed by atoms with Crippen LogP contribution in [-0.2, 0) is 16.1 Å². The summed E-state index contributed by atoms with van der Waals surface area (Å²) in [5.41, 5.74) is 0.459. The van der Waals surface area contributed by atoms with Gasteiger partial charge in [-0.25, -0.2) is 9.79 Å². The molecule has 32 heavy (non-hydrogen) atoms. The molecule has 1 fully saturated rings. The number of likely N-dealkylation sites (N-methyl/N-ethyl adjacent to an activating group) is 1. The molecule has 3 heterocycles. The summed E-state index contributed by atoms with van der Waals surface area (Å²) in [6.45, 7) is 4.40. The van der Waals surface area contributed by atoms with Crippen LogP contribution < -0.4 is 5.32 Å².